The lowest BCUT2D eigenvalue weighted by Gasteiger charge is -2.25. The third-order valence-electron chi connectivity index (χ3n) is 3.59. The number of para-hydroxylation sites is 2. The molecular weight excluding hydrogens is 328 g/mol. The first-order chi connectivity index (χ1) is 11.7. The molecule has 2 aromatic heterocycles. The van der Waals surface area contributed by atoms with Crippen molar-refractivity contribution in [2.24, 2.45) is 7.05 Å². The van der Waals surface area contributed by atoms with E-state index in [0.29, 0.717) is 22.3 Å². The van der Waals surface area contributed by atoms with Crippen LogP contribution < -0.4 is 14.8 Å². The highest BCUT2D eigenvalue weighted by molar-refractivity contribution is 7.14. The smallest absolute Gasteiger partial charge is 0.270 e. The summed E-state index contributed by atoms with van der Waals surface area (Å²) in [4.78, 5) is 21.0. The van der Waals surface area contributed by atoms with Gasteiger partial charge in [-0.15, -0.1) is 11.3 Å². The van der Waals surface area contributed by atoms with E-state index in [9.17, 15) is 4.79 Å². The number of hydrogen-bond donors (Lipinski definition) is 1. The van der Waals surface area contributed by atoms with Crippen molar-refractivity contribution >= 4 is 22.4 Å². The average Bonchev–Trinajstić information content (AvgIpc) is 3.23. The zero-order valence-electron chi connectivity index (χ0n) is 12.8. The third kappa shape index (κ3) is 2.71. The molecule has 1 amide bonds. The molecule has 0 bridgehead atoms. The Morgan fingerprint density at radius 3 is 3.00 bits per heavy atom. The molecule has 1 aliphatic rings. The molecule has 0 saturated heterocycles. The van der Waals surface area contributed by atoms with Crippen LogP contribution >= 0.6 is 11.3 Å². The summed E-state index contributed by atoms with van der Waals surface area (Å²) in [6, 6.07) is 7.28. The highest BCUT2D eigenvalue weighted by Gasteiger charge is 2.28. The van der Waals surface area contributed by atoms with Crippen LogP contribution in [0, 0.1) is 0 Å². The molecule has 1 N–H and O–H groups in total. The molecule has 3 heterocycles. The summed E-state index contributed by atoms with van der Waals surface area (Å²) in [5.41, 5.74) is 0.717. The summed E-state index contributed by atoms with van der Waals surface area (Å²) < 4.78 is 13.1. The summed E-state index contributed by atoms with van der Waals surface area (Å²) in [6.45, 7) is 0.167. The lowest BCUT2D eigenvalue weighted by Crippen LogP contribution is -2.40. The van der Waals surface area contributed by atoms with Crippen molar-refractivity contribution in [1.29, 1.82) is 0 Å². The lowest BCUT2D eigenvalue weighted by atomic mass is 10.2. The van der Waals surface area contributed by atoms with E-state index in [-0.39, 0.29) is 12.5 Å². The Balaban J connectivity index is 1.46. The summed E-state index contributed by atoms with van der Waals surface area (Å²) >= 11 is 1.34. The predicted molar refractivity (Wildman–Crippen MR) is 89.3 cm³/mol. The minimum absolute atomic E-state index is 0.167. The molecule has 0 radical (unpaired) electrons. The van der Waals surface area contributed by atoms with Gasteiger partial charge in [-0.1, -0.05) is 12.1 Å². The number of carbonyl (C=O) groups is 1. The minimum Gasteiger partial charge on any atom is -0.485 e. The maximum Gasteiger partial charge on any atom is 0.270 e. The monoisotopic (exact) mass is 342 g/mol. The number of fused-ring (bicyclic) bond motifs is 1. The van der Waals surface area contributed by atoms with Crippen molar-refractivity contribution < 1.29 is 14.3 Å². The SMILES string of the molecule is Cn1ccnc1-c1csc(NC(=O)C2COc3ccccc3O2)n1. The van der Waals surface area contributed by atoms with Crippen LogP contribution in [0.25, 0.3) is 11.5 Å². The average molecular weight is 342 g/mol. The van der Waals surface area contributed by atoms with Crippen molar-refractivity contribution in [3.8, 4) is 23.0 Å². The van der Waals surface area contributed by atoms with Gasteiger partial charge in [0, 0.05) is 24.8 Å². The van der Waals surface area contributed by atoms with Crippen molar-refractivity contribution in [2.45, 2.75) is 6.10 Å². The minimum atomic E-state index is -0.708. The number of nitrogens with one attached hydrogen (secondary N) is 1. The molecule has 0 saturated carbocycles. The maximum atomic E-state index is 12.4. The quantitative estimate of drug-likeness (QED) is 0.790. The molecule has 0 spiro atoms. The van der Waals surface area contributed by atoms with E-state index in [0.717, 1.165) is 5.82 Å². The zero-order chi connectivity index (χ0) is 16.5. The Hall–Kier alpha value is -2.87. The summed E-state index contributed by atoms with van der Waals surface area (Å²) in [6.07, 6.45) is 2.84. The van der Waals surface area contributed by atoms with Crippen molar-refractivity contribution in [1.82, 2.24) is 14.5 Å². The van der Waals surface area contributed by atoms with E-state index in [1.54, 1.807) is 12.3 Å². The number of hydrogen-bond acceptors (Lipinski definition) is 6. The molecule has 1 atom stereocenters. The van der Waals surface area contributed by atoms with Crippen molar-refractivity contribution in [2.75, 3.05) is 11.9 Å². The van der Waals surface area contributed by atoms with E-state index >= 15 is 0 Å². The van der Waals surface area contributed by atoms with Crippen molar-refractivity contribution in [3.63, 3.8) is 0 Å². The number of benzene rings is 1. The highest BCUT2D eigenvalue weighted by Crippen LogP contribution is 2.31. The molecule has 7 nitrogen and oxygen atoms in total. The first kappa shape index (κ1) is 14.7. The van der Waals surface area contributed by atoms with Gasteiger partial charge in [0.25, 0.3) is 5.91 Å². The number of thiazole rings is 1. The zero-order valence-corrected chi connectivity index (χ0v) is 13.6. The van der Waals surface area contributed by atoms with Crippen LogP contribution in [0.15, 0.2) is 42.0 Å². The number of amides is 1. The normalized spacial score (nSPS) is 16.0. The van der Waals surface area contributed by atoms with Gasteiger partial charge in [-0.2, -0.15) is 0 Å². The topological polar surface area (TPSA) is 78.3 Å². The number of anilines is 1. The Kier molecular flexibility index (Phi) is 3.66. The van der Waals surface area contributed by atoms with E-state index in [1.165, 1.54) is 11.3 Å². The first-order valence-electron chi connectivity index (χ1n) is 7.33. The van der Waals surface area contributed by atoms with Crippen molar-refractivity contribution in [3.05, 3.63) is 42.0 Å². The Labute approximate surface area is 141 Å². The van der Waals surface area contributed by atoms with E-state index in [4.69, 9.17) is 9.47 Å². The number of rotatable bonds is 3. The van der Waals surface area contributed by atoms with Crippen LogP contribution in [0.2, 0.25) is 0 Å². The molecule has 0 aliphatic carbocycles. The number of carbonyl (C=O) groups excluding carboxylic acids is 1. The molecule has 122 valence electrons. The second-order valence-corrected chi connectivity index (χ2v) is 6.11. The fourth-order valence-corrected chi connectivity index (χ4v) is 3.07. The van der Waals surface area contributed by atoms with E-state index in [2.05, 4.69) is 15.3 Å². The summed E-state index contributed by atoms with van der Waals surface area (Å²) in [7, 11) is 1.89. The lowest BCUT2D eigenvalue weighted by molar-refractivity contribution is -0.125. The van der Waals surface area contributed by atoms with Crippen LogP contribution in [-0.4, -0.2) is 33.2 Å². The van der Waals surface area contributed by atoms with Gasteiger partial charge in [-0.05, 0) is 12.1 Å². The standard InChI is InChI=1S/C16H14N4O3S/c1-20-7-6-17-14(20)10-9-24-16(18-10)19-15(21)13-8-22-11-4-2-3-5-12(11)23-13/h2-7,9,13H,8H2,1H3,(H,18,19,21). The fourth-order valence-electron chi connectivity index (χ4n) is 2.38. The van der Waals surface area contributed by atoms with Gasteiger partial charge in [0.2, 0.25) is 6.10 Å². The molecular formula is C16H14N4O3S. The van der Waals surface area contributed by atoms with Crippen LogP contribution in [-0.2, 0) is 11.8 Å². The number of ether oxygens (including phenoxy) is 2. The van der Waals surface area contributed by atoms with Gasteiger partial charge in [-0.25, -0.2) is 9.97 Å². The summed E-state index contributed by atoms with van der Waals surface area (Å²) in [5, 5.41) is 5.12. The van der Waals surface area contributed by atoms with Gasteiger partial charge >= 0.3 is 0 Å². The molecule has 0 fully saturated rings. The Morgan fingerprint density at radius 1 is 1.38 bits per heavy atom. The first-order valence-corrected chi connectivity index (χ1v) is 8.21. The molecule has 4 rings (SSSR count). The second-order valence-electron chi connectivity index (χ2n) is 5.25. The predicted octanol–water partition coefficient (Wildman–Crippen LogP) is 2.32. The Bertz CT molecular complexity index is 889. The number of imidazole rings is 1. The van der Waals surface area contributed by atoms with Gasteiger partial charge in [0.05, 0.1) is 0 Å². The third-order valence-corrected chi connectivity index (χ3v) is 4.34. The van der Waals surface area contributed by atoms with E-state index in [1.807, 2.05) is 41.4 Å². The molecule has 8 heteroatoms. The van der Waals surface area contributed by atoms with Gasteiger partial charge in [0.15, 0.2) is 22.5 Å². The Morgan fingerprint density at radius 2 is 2.21 bits per heavy atom. The second kappa shape index (κ2) is 5.97. The number of aryl methyl sites for hydroxylation is 1. The maximum absolute atomic E-state index is 12.4. The largest absolute Gasteiger partial charge is 0.485 e. The van der Waals surface area contributed by atoms with Crippen LogP contribution in [0.1, 0.15) is 0 Å². The van der Waals surface area contributed by atoms with E-state index < -0.39 is 6.10 Å². The molecule has 1 aromatic carbocycles. The molecule has 1 aliphatic heterocycles. The van der Waals surface area contributed by atoms with Crippen LogP contribution in [0.4, 0.5) is 5.13 Å². The van der Waals surface area contributed by atoms with Gasteiger partial charge in [-0.3, -0.25) is 10.1 Å². The summed E-state index contributed by atoms with van der Waals surface area (Å²) in [5.74, 6) is 1.67. The number of aromatic nitrogens is 3. The number of nitrogens with zero attached hydrogens (tertiary/aromatic N) is 3. The van der Waals surface area contributed by atoms with Gasteiger partial charge in [0.1, 0.15) is 12.3 Å². The fraction of sp³-hybridized carbons (Fsp3) is 0.188. The van der Waals surface area contributed by atoms with Gasteiger partial charge < -0.3 is 14.0 Å². The van der Waals surface area contributed by atoms with Crippen LogP contribution in [0.3, 0.4) is 0 Å². The molecule has 24 heavy (non-hydrogen) atoms. The molecule has 3 aromatic rings. The highest BCUT2D eigenvalue weighted by atomic mass is 32.1. The molecule has 1 unspecified atom stereocenters. The van der Waals surface area contributed by atoms with Crippen LogP contribution in [0.5, 0.6) is 11.5 Å².